The summed E-state index contributed by atoms with van der Waals surface area (Å²) < 4.78 is 2.25. The van der Waals surface area contributed by atoms with Crippen molar-refractivity contribution in [1.82, 2.24) is 4.57 Å². The summed E-state index contributed by atoms with van der Waals surface area (Å²) in [6.07, 6.45) is 0. The third-order valence-corrected chi connectivity index (χ3v) is 3.64. The van der Waals surface area contributed by atoms with Gasteiger partial charge in [-0.05, 0) is 13.0 Å². The Hall–Kier alpha value is -2.55. The van der Waals surface area contributed by atoms with Crippen LogP contribution in [0.1, 0.15) is 13.8 Å². The molecule has 1 amide bonds. The van der Waals surface area contributed by atoms with Gasteiger partial charge in [-0.2, -0.15) is 0 Å². The summed E-state index contributed by atoms with van der Waals surface area (Å²) in [6.45, 7) is 4.52. The Labute approximate surface area is 124 Å². The van der Waals surface area contributed by atoms with Crippen LogP contribution in [0.5, 0.6) is 0 Å². The molecule has 0 aliphatic heterocycles. The lowest BCUT2D eigenvalue weighted by Gasteiger charge is -2.10. The number of aromatic nitrogens is 1. The molecule has 3 aromatic rings. The Morgan fingerprint density at radius 1 is 1.05 bits per heavy atom. The molecular weight excluding hydrogens is 260 g/mol. The van der Waals surface area contributed by atoms with Crippen LogP contribution in [-0.2, 0) is 11.3 Å². The zero-order valence-corrected chi connectivity index (χ0v) is 12.3. The predicted molar refractivity (Wildman–Crippen MR) is 87.4 cm³/mol. The summed E-state index contributed by atoms with van der Waals surface area (Å²) in [5.74, 6) is -0.0498. The summed E-state index contributed by atoms with van der Waals surface area (Å²) in [4.78, 5) is 11.6. The number of nitrogens with zero attached hydrogens (tertiary/aromatic N) is 1. The van der Waals surface area contributed by atoms with E-state index in [4.69, 9.17) is 0 Å². The zero-order chi connectivity index (χ0) is 14.8. The maximum Gasteiger partial charge on any atom is 0.221 e. The Balaban J connectivity index is 2.37. The molecule has 0 fully saturated rings. The van der Waals surface area contributed by atoms with Crippen molar-refractivity contribution in [3.63, 3.8) is 0 Å². The summed E-state index contributed by atoms with van der Waals surface area (Å²) in [5, 5.41) is 4.09. The first kappa shape index (κ1) is 13.4. The molecule has 0 aliphatic rings. The van der Waals surface area contributed by atoms with Gasteiger partial charge in [-0.25, -0.2) is 0 Å². The van der Waals surface area contributed by atoms with Crippen LogP contribution >= 0.6 is 0 Å². The molecule has 3 heteroatoms. The minimum atomic E-state index is -0.0498. The van der Waals surface area contributed by atoms with Crippen molar-refractivity contribution >= 4 is 22.5 Å². The molecule has 1 heterocycles. The highest BCUT2D eigenvalue weighted by atomic mass is 16.1. The van der Waals surface area contributed by atoms with Crippen LogP contribution in [0, 0.1) is 0 Å². The van der Waals surface area contributed by atoms with Crippen molar-refractivity contribution in [2.24, 2.45) is 0 Å². The Bertz CT molecular complexity index is 788. The SMILES string of the molecule is CCn1c(-c2ccccc2)c(NC(C)=O)c2ccccc21. The molecule has 1 N–H and O–H groups in total. The van der Waals surface area contributed by atoms with Gasteiger partial charge in [-0.15, -0.1) is 0 Å². The normalized spacial score (nSPS) is 10.8. The molecule has 0 bridgehead atoms. The van der Waals surface area contributed by atoms with Crippen molar-refractivity contribution in [2.75, 3.05) is 5.32 Å². The largest absolute Gasteiger partial charge is 0.339 e. The quantitative estimate of drug-likeness (QED) is 0.762. The van der Waals surface area contributed by atoms with Crippen LogP contribution in [0.15, 0.2) is 54.6 Å². The van der Waals surface area contributed by atoms with Crippen LogP contribution in [0.3, 0.4) is 0 Å². The van der Waals surface area contributed by atoms with E-state index in [1.807, 2.05) is 30.3 Å². The van der Waals surface area contributed by atoms with Crippen molar-refractivity contribution in [1.29, 1.82) is 0 Å². The van der Waals surface area contributed by atoms with Crippen LogP contribution < -0.4 is 5.32 Å². The Morgan fingerprint density at radius 2 is 1.71 bits per heavy atom. The number of carbonyl (C=O) groups excluding carboxylic acids is 1. The Morgan fingerprint density at radius 3 is 2.38 bits per heavy atom. The summed E-state index contributed by atoms with van der Waals surface area (Å²) >= 11 is 0. The van der Waals surface area contributed by atoms with Gasteiger partial charge in [0.05, 0.1) is 16.9 Å². The average Bonchev–Trinajstić information content (AvgIpc) is 2.81. The first-order valence-corrected chi connectivity index (χ1v) is 7.16. The topological polar surface area (TPSA) is 34.0 Å². The van der Waals surface area contributed by atoms with Crippen LogP contribution in [-0.4, -0.2) is 10.5 Å². The van der Waals surface area contributed by atoms with E-state index in [0.29, 0.717) is 0 Å². The number of hydrogen-bond donors (Lipinski definition) is 1. The van der Waals surface area contributed by atoms with E-state index in [2.05, 4.69) is 41.1 Å². The fourth-order valence-corrected chi connectivity index (χ4v) is 2.83. The number of para-hydroxylation sites is 1. The first-order valence-electron chi connectivity index (χ1n) is 7.16. The summed E-state index contributed by atoms with van der Waals surface area (Å²) in [6, 6.07) is 18.4. The second kappa shape index (κ2) is 5.44. The van der Waals surface area contributed by atoms with Crippen molar-refractivity contribution in [3.8, 4) is 11.3 Å². The number of fused-ring (bicyclic) bond motifs is 1. The highest BCUT2D eigenvalue weighted by Gasteiger charge is 2.18. The molecule has 3 nitrogen and oxygen atoms in total. The van der Waals surface area contributed by atoms with Gasteiger partial charge in [0.25, 0.3) is 0 Å². The standard InChI is InChI=1S/C18H18N2O/c1-3-20-16-12-8-7-11-15(16)17(19-13(2)21)18(20)14-9-5-4-6-10-14/h4-12H,3H2,1-2H3,(H,19,21). The van der Waals surface area contributed by atoms with Gasteiger partial charge >= 0.3 is 0 Å². The first-order chi connectivity index (χ1) is 10.2. The minimum absolute atomic E-state index is 0.0498. The van der Waals surface area contributed by atoms with E-state index in [9.17, 15) is 4.79 Å². The van der Waals surface area contributed by atoms with Crippen molar-refractivity contribution < 1.29 is 4.79 Å². The number of benzene rings is 2. The maximum absolute atomic E-state index is 11.6. The van der Waals surface area contributed by atoms with Gasteiger partial charge in [0.15, 0.2) is 0 Å². The minimum Gasteiger partial charge on any atom is -0.339 e. The van der Waals surface area contributed by atoms with Gasteiger partial charge in [0.2, 0.25) is 5.91 Å². The Kier molecular flexibility index (Phi) is 3.48. The number of anilines is 1. The molecule has 0 spiro atoms. The molecule has 21 heavy (non-hydrogen) atoms. The van der Waals surface area contributed by atoms with Crippen molar-refractivity contribution in [3.05, 3.63) is 54.6 Å². The molecular formula is C18H18N2O. The van der Waals surface area contributed by atoms with Gasteiger partial charge in [-0.3, -0.25) is 4.79 Å². The monoisotopic (exact) mass is 278 g/mol. The molecule has 0 saturated carbocycles. The molecule has 3 rings (SSSR count). The predicted octanol–water partition coefficient (Wildman–Crippen LogP) is 4.29. The van der Waals surface area contributed by atoms with E-state index in [0.717, 1.165) is 34.4 Å². The lowest BCUT2D eigenvalue weighted by molar-refractivity contribution is -0.114. The lowest BCUT2D eigenvalue weighted by Crippen LogP contribution is -2.07. The molecule has 0 aliphatic carbocycles. The second-order valence-corrected chi connectivity index (χ2v) is 5.03. The van der Waals surface area contributed by atoms with Gasteiger partial charge < -0.3 is 9.88 Å². The third-order valence-electron chi connectivity index (χ3n) is 3.64. The molecule has 1 aromatic heterocycles. The lowest BCUT2D eigenvalue weighted by atomic mass is 10.1. The van der Waals surface area contributed by atoms with E-state index in [1.54, 1.807) is 6.92 Å². The van der Waals surface area contributed by atoms with Gasteiger partial charge in [0.1, 0.15) is 0 Å². The van der Waals surface area contributed by atoms with Crippen LogP contribution in [0.25, 0.3) is 22.2 Å². The number of carbonyl (C=O) groups is 1. The van der Waals surface area contributed by atoms with Crippen LogP contribution in [0.2, 0.25) is 0 Å². The van der Waals surface area contributed by atoms with Gasteiger partial charge in [-0.1, -0.05) is 48.5 Å². The number of aryl methyl sites for hydroxylation is 1. The van der Waals surface area contributed by atoms with Crippen molar-refractivity contribution in [2.45, 2.75) is 20.4 Å². The van der Waals surface area contributed by atoms with Gasteiger partial charge in [0, 0.05) is 24.4 Å². The summed E-state index contributed by atoms with van der Waals surface area (Å²) in [5.41, 5.74) is 4.21. The highest BCUT2D eigenvalue weighted by molar-refractivity contribution is 6.08. The zero-order valence-electron chi connectivity index (χ0n) is 12.3. The van der Waals surface area contributed by atoms with E-state index in [1.165, 1.54) is 0 Å². The maximum atomic E-state index is 11.6. The van der Waals surface area contributed by atoms with E-state index >= 15 is 0 Å². The van der Waals surface area contributed by atoms with Crippen LogP contribution in [0.4, 0.5) is 5.69 Å². The molecule has 0 saturated heterocycles. The molecule has 0 radical (unpaired) electrons. The molecule has 106 valence electrons. The van der Waals surface area contributed by atoms with E-state index < -0.39 is 0 Å². The second-order valence-electron chi connectivity index (χ2n) is 5.03. The summed E-state index contributed by atoms with van der Waals surface area (Å²) in [7, 11) is 0. The third kappa shape index (κ3) is 2.31. The average molecular weight is 278 g/mol. The molecule has 2 aromatic carbocycles. The number of hydrogen-bond acceptors (Lipinski definition) is 1. The highest BCUT2D eigenvalue weighted by Crippen LogP contribution is 2.38. The fraction of sp³-hybridized carbons (Fsp3) is 0.167. The smallest absolute Gasteiger partial charge is 0.221 e. The number of nitrogens with one attached hydrogen (secondary N) is 1. The number of rotatable bonds is 3. The number of amides is 1. The fourth-order valence-electron chi connectivity index (χ4n) is 2.83. The molecule has 0 atom stereocenters. The molecule has 0 unspecified atom stereocenters. The van der Waals surface area contributed by atoms with E-state index in [-0.39, 0.29) is 5.91 Å².